The minimum absolute atomic E-state index is 0.0265. The predicted octanol–water partition coefficient (Wildman–Crippen LogP) is 4.13. The van der Waals surface area contributed by atoms with Gasteiger partial charge in [0, 0.05) is 12.7 Å². The maximum absolute atomic E-state index is 12.5. The van der Waals surface area contributed by atoms with Gasteiger partial charge in [-0.25, -0.2) is 0 Å². The van der Waals surface area contributed by atoms with E-state index >= 15 is 0 Å². The Morgan fingerprint density at radius 1 is 1.07 bits per heavy atom. The van der Waals surface area contributed by atoms with Crippen LogP contribution < -0.4 is 4.74 Å². The normalized spacial score (nSPS) is 10.8. The molecule has 0 aliphatic rings. The molecule has 7 heteroatoms. The summed E-state index contributed by atoms with van der Waals surface area (Å²) in [6.07, 6.45) is 1.68. The van der Waals surface area contributed by atoms with E-state index in [2.05, 4.69) is 42.2 Å². The Morgan fingerprint density at radius 2 is 1.80 bits per heavy atom. The third-order valence-electron chi connectivity index (χ3n) is 4.93. The molecule has 2 aromatic carbocycles. The van der Waals surface area contributed by atoms with Gasteiger partial charge in [0.1, 0.15) is 18.7 Å². The summed E-state index contributed by atoms with van der Waals surface area (Å²) in [4.78, 5) is 14.2. The molecule has 0 unspecified atom stereocenters. The number of aryl methyl sites for hydroxylation is 4. The molecule has 0 saturated heterocycles. The van der Waals surface area contributed by atoms with Gasteiger partial charge in [-0.05, 0) is 74.2 Å². The fraction of sp³-hybridized carbons (Fsp3) is 0.348. The zero-order valence-electron chi connectivity index (χ0n) is 18.2. The van der Waals surface area contributed by atoms with E-state index in [0.29, 0.717) is 24.1 Å². The molecule has 1 amide bonds. The van der Waals surface area contributed by atoms with Crippen molar-refractivity contribution in [1.29, 1.82) is 0 Å². The Morgan fingerprint density at radius 3 is 2.50 bits per heavy atom. The van der Waals surface area contributed by atoms with Gasteiger partial charge in [0.15, 0.2) is 5.16 Å². The number of amides is 1. The lowest BCUT2D eigenvalue weighted by atomic mass is 10.1. The van der Waals surface area contributed by atoms with Crippen molar-refractivity contribution in [3.63, 3.8) is 0 Å². The van der Waals surface area contributed by atoms with Crippen molar-refractivity contribution < 1.29 is 9.53 Å². The lowest BCUT2D eigenvalue weighted by molar-refractivity contribution is -0.127. The van der Waals surface area contributed by atoms with Crippen LogP contribution in [0.5, 0.6) is 5.75 Å². The number of benzene rings is 2. The summed E-state index contributed by atoms with van der Waals surface area (Å²) in [6, 6.07) is 12.3. The molecular formula is C23H28N4O2S. The summed E-state index contributed by atoms with van der Waals surface area (Å²) in [6.45, 7) is 9.23. The van der Waals surface area contributed by atoms with Crippen LogP contribution in [0.1, 0.15) is 22.3 Å². The molecule has 3 rings (SSSR count). The second-order valence-corrected chi connectivity index (χ2v) is 8.47. The number of carbonyl (C=O) groups excluding carboxylic acids is 1. The molecule has 0 aliphatic heterocycles. The lowest BCUT2D eigenvalue weighted by Gasteiger charge is -2.17. The minimum Gasteiger partial charge on any atom is -0.492 e. The summed E-state index contributed by atoms with van der Waals surface area (Å²) in [5, 5.41) is 8.89. The first kappa shape index (κ1) is 21.9. The van der Waals surface area contributed by atoms with Gasteiger partial charge >= 0.3 is 0 Å². The Labute approximate surface area is 182 Å². The quantitative estimate of drug-likeness (QED) is 0.509. The zero-order valence-corrected chi connectivity index (χ0v) is 19.0. The number of nitrogens with zero attached hydrogens (tertiary/aromatic N) is 4. The number of hydrogen-bond acceptors (Lipinski definition) is 5. The summed E-state index contributed by atoms with van der Waals surface area (Å²) in [7, 11) is 1.79. The van der Waals surface area contributed by atoms with E-state index < -0.39 is 0 Å². The Balaban J connectivity index is 1.52. The molecule has 0 aliphatic carbocycles. The van der Waals surface area contributed by atoms with Gasteiger partial charge in [0.05, 0.1) is 12.3 Å². The number of aromatic nitrogens is 3. The van der Waals surface area contributed by atoms with Crippen LogP contribution in [-0.2, 0) is 4.79 Å². The third-order valence-corrected chi connectivity index (χ3v) is 5.85. The Hall–Kier alpha value is -2.80. The maximum Gasteiger partial charge on any atom is 0.232 e. The van der Waals surface area contributed by atoms with E-state index in [9.17, 15) is 4.79 Å². The molecule has 0 N–H and O–H groups in total. The molecule has 6 nitrogen and oxygen atoms in total. The van der Waals surface area contributed by atoms with Crippen molar-refractivity contribution in [2.45, 2.75) is 32.9 Å². The number of ether oxygens (including phenoxy) is 1. The molecule has 30 heavy (non-hydrogen) atoms. The summed E-state index contributed by atoms with van der Waals surface area (Å²) >= 11 is 1.39. The van der Waals surface area contributed by atoms with Crippen molar-refractivity contribution in [2.75, 3.05) is 26.0 Å². The van der Waals surface area contributed by atoms with Crippen LogP contribution in [0, 0.1) is 27.7 Å². The average Bonchev–Trinajstić information content (AvgIpc) is 3.16. The van der Waals surface area contributed by atoms with Gasteiger partial charge in [0.25, 0.3) is 0 Å². The smallest absolute Gasteiger partial charge is 0.232 e. The van der Waals surface area contributed by atoms with Gasteiger partial charge in [-0.15, -0.1) is 10.2 Å². The lowest BCUT2D eigenvalue weighted by Crippen LogP contribution is -2.32. The van der Waals surface area contributed by atoms with E-state index in [0.717, 1.165) is 11.4 Å². The molecule has 0 fully saturated rings. The Bertz CT molecular complexity index is 1010. The van der Waals surface area contributed by atoms with E-state index in [1.807, 2.05) is 36.6 Å². The highest BCUT2D eigenvalue weighted by atomic mass is 32.2. The number of likely N-dealkylation sites (N-methyl/N-ethyl adjacent to an activating group) is 1. The monoisotopic (exact) mass is 424 g/mol. The van der Waals surface area contributed by atoms with Crippen LogP contribution in [0.25, 0.3) is 5.69 Å². The second-order valence-electron chi connectivity index (χ2n) is 7.53. The van der Waals surface area contributed by atoms with E-state index in [-0.39, 0.29) is 5.91 Å². The van der Waals surface area contributed by atoms with Gasteiger partial charge in [-0.3, -0.25) is 9.36 Å². The number of thioether (sulfide) groups is 1. The molecule has 0 radical (unpaired) electrons. The highest BCUT2D eigenvalue weighted by Crippen LogP contribution is 2.21. The number of hydrogen-bond donors (Lipinski definition) is 0. The first-order valence-corrected chi connectivity index (χ1v) is 10.9. The van der Waals surface area contributed by atoms with Crippen LogP contribution >= 0.6 is 11.8 Å². The van der Waals surface area contributed by atoms with Crippen LogP contribution in [0.4, 0.5) is 0 Å². The average molecular weight is 425 g/mol. The highest BCUT2D eigenvalue weighted by Gasteiger charge is 2.14. The molecule has 1 aromatic heterocycles. The second kappa shape index (κ2) is 9.80. The third kappa shape index (κ3) is 5.63. The molecule has 0 saturated carbocycles. The molecule has 0 bridgehead atoms. The zero-order chi connectivity index (χ0) is 21.7. The van der Waals surface area contributed by atoms with Crippen LogP contribution in [0.3, 0.4) is 0 Å². The highest BCUT2D eigenvalue weighted by molar-refractivity contribution is 7.99. The van der Waals surface area contributed by atoms with Gasteiger partial charge in [-0.1, -0.05) is 23.9 Å². The Kier molecular flexibility index (Phi) is 7.15. The van der Waals surface area contributed by atoms with E-state index in [1.165, 1.54) is 34.0 Å². The van der Waals surface area contributed by atoms with Gasteiger partial charge < -0.3 is 9.64 Å². The fourth-order valence-electron chi connectivity index (χ4n) is 3.05. The van der Waals surface area contributed by atoms with Crippen LogP contribution in [0.2, 0.25) is 0 Å². The molecule has 1 heterocycles. The maximum atomic E-state index is 12.5. The number of rotatable bonds is 8. The fourth-order valence-corrected chi connectivity index (χ4v) is 3.92. The van der Waals surface area contributed by atoms with E-state index in [4.69, 9.17) is 4.74 Å². The molecule has 158 valence electrons. The van der Waals surface area contributed by atoms with Crippen molar-refractivity contribution in [1.82, 2.24) is 19.7 Å². The van der Waals surface area contributed by atoms with Crippen molar-refractivity contribution >= 4 is 17.7 Å². The summed E-state index contributed by atoms with van der Waals surface area (Å²) in [5.74, 6) is 1.16. The SMILES string of the molecule is Cc1cc(C)cc(OCCN(C)C(=O)CSc2nncn2-c2ccc(C)c(C)c2)c1. The van der Waals surface area contributed by atoms with Crippen molar-refractivity contribution in [3.8, 4) is 11.4 Å². The van der Waals surface area contributed by atoms with Crippen molar-refractivity contribution in [2.24, 2.45) is 0 Å². The number of carbonyl (C=O) groups is 1. The molecule has 0 spiro atoms. The summed E-state index contributed by atoms with van der Waals surface area (Å²) < 4.78 is 7.72. The topological polar surface area (TPSA) is 60.2 Å². The van der Waals surface area contributed by atoms with Crippen molar-refractivity contribution in [3.05, 3.63) is 65.0 Å². The first-order valence-electron chi connectivity index (χ1n) is 9.89. The standard InChI is InChI=1S/C23H28N4O2S/c1-16-10-17(2)12-21(11-16)29-9-8-26(5)22(28)14-30-23-25-24-15-27(23)20-7-6-18(3)19(4)13-20/h6-7,10-13,15H,8-9,14H2,1-5H3. The minimum atomic E-state index is 0.0265. The van der Waals surface area contributed by atoms with Gasteiger partial charge in [0.2, 0.25) is 5.91 Å². The van der Waals surface area contributed by atoms with Crippen LogP contribution in [-0.4, -0.2) is 51.5 Å². The largest absolute Gasteiger partial charge is 0.492 e. The predicted molar refractivity (Wildman–Crippen MR) is 121 cm³/mol. The van der Waals surface area contributed by atoms with E-state index in [1.54, 1.807) is 18.3 Å². The molecule has 0 atom stereocenters. The molecular weight excluding hydrogens is 396 g/mol. The molecule has 3 aromatic rings. The first-order chi connectivity index (χ1) is 14.3. The summed E-state index contributed by atoms with van der Waals surface area (Å²) in [5.41, 5.74) is 5.77. The van der Waals surface area contributed by atoms with Crippen LogP contribution in [0.15, 0.2) is 47.9 Å². The van der Waals surface area contributed by atoms with Gasteiger partial charge in [-0.2, -0.15) is 0 Å².